The highest BCUT2D eigenvalue weighted by molar-refractivity contribution is 5.83. The molecule has 0 saturated carbocycles. The molecule has 9 nitrogen and oxygen atoms in total. The minimum atomic E-state index is -1.10. The summed E-state index contributed by atoms with van der Waals surface area (Å²) in [5.41, 5.74) is 0.214. The molecule has 0 fully saturated rings. The third kappa shape index (κ3) is 11.4. The molecule has 198 valence electrons. The lowest BCUT2D eigenvalue weighted by Gasteiger charge is -2.34. The van der Waals surface area contributed by atoms with Crippen molar-refractivity contribution in [3.8, 4) is 0 Å². The van der Waals surface area contributed by atoms with Gasteiger partial charge in [0.2, 0.25) is 0 Å². The van der Waals surface area contributed by atoms with Crippen LogP contribution in [0.5, 0.6) is 0 Å². The van der Waals surface area contributed by atoms with E-state index in [-0.39, 0.29) is 18.5 Å². The molecule has 3 atom stereocenters. The number of nitrogens with zero attached hydrogens (tertiary/aromatic N) is 1. The molecule has 3 amide bonds. The zero-order valence-electron chi connectivity index (χ0n) is 22.3. The maximum atomic E-state index is 13.1. The highest BCUT2D eigenvalue weighted by Gasteiger charge is 2.31. The summed E-state index contributed by atoms with van der Waals surface area (Å²) in [6.45, 7) is 12.7. The van der Waals surface area contributed by atoms with Crippen molar-refractivity contribution in [1.82, 2.24) is 15.5 Å². The predicted molar refractivity (Wildman–Crippen MR) is 135 cm³/mol. The Morgan fingerprint density at radius 2 is 1.63 bits per heavy atom. The van der Waals surface area contributed by atoms with Crippen LogP contribution < -0.4 is 10.6 Å². The van der Waals surface area contributed by atoms with Crippen LogP contribution in [0.4, 0.5) is 9.59 Å². The summed E-state index contributed by atoms with van der Waals surface area (Å²) in [6.07, 6.45) is -0.991. The molecule has 1 aromatic rings. The molecule has 3 N–H and O–H groups in total. The van der Waals surface area contributed by atoms with Crippen molar-refractivity contribution in [2.75, 3.05) is 13.7 Å². The second kappa shape index (κ2) is 13.9. The number of amides is 3. The van der Waals surface area contributed by atoms with E-state index in [4.69, 9.17) is 9.47 Å². The van der Waals surface area contributed by atoms with Crippen molar-refractivity contribution in [3.63, 3.8) is 0 Å². The Labute approximate surface area is 209 Å². The number of nitrogens with one attached hydrogen (secondary N) is 2. The number of benzene rings is 1. The minimum absolute atomic E-state index is 0.0631. The van der Waals surface area contributed by atoms with Gasteiger partial charge < -0.3 is 30.1 Å². The van der Waals surface area contributed by atoms with E-state index in [2.05, 4.69) is 10.6 Å². The van der Waals surface area contributed by atoms with Crippen LogP contribution in [0.15, 0.2) is 30.3 Å². The lowest BCUT2D eigenvalue weighted by molar-refractivity contribution is -0.143. The van der Waals surface area contributed by atoms with E-state index in [0.29, 0.717) is 12.8 Å². The summed E-state index contributed by atoms with van der Waals surface area (Å²) < 4.78 is 10.2. The van der Waals surface area contributed by atoms with Gasteiger partial charge in [0.25, 0.3) is 0 Å². The molecule has 0 bridgehead atoms. The standard InChI is InChI=1S/C26H43N3O6/c1-17(2)14-21(23(31)34-8)27-24(32)29(18(3)4)16-22(30)20(15-19-12-10-9-11-13-19)28-25(33)35-26(5,6)7/h9-13,17-18,20-22,30H,14-16H2,1-8H3,(H,27,32)(H,28,33)/t20-,21-,22-/m1/s1. The summed E-state index contributed by atoms with van der Waals surface area (Å²) in [5, 5.41) is 16.6. The van der Waals surface area contributed by atoms with Crippen molar-refractivity contribution in [2.24, 2.45) is 5.92 Å². The molecule has 0 aliphatic carbocycles. The smallest absolute Gasteiger partial charge is 0.407 e. The van der Waals surface area contributed by atoms with E-state index in [0.717, 1.165) is 5.56 Å². The van der Waals surface area contributed by atoms with Crippen LogP contribution in [0.3, 0.4) is 0 Å². The van der Waals surface area contributed by atoms with E-state index in [1.165, 1.54) is 12.0 Å². The number of hydrogen-bond acceptors (Lipinski definition) is 6. The van der Waals surface area contributed by atoms with Crippen molar-refractivity contribution in [3.05, 3.63) is 35.9 Å². The van der Waals surface area contributed by atoms with Crippen LogP contribution in [0.2, 0.25) is 0 Å². The van der Waals surface area contributed by atoms with E-state index in [1.54, 1.807) is 20.8 Å². The second-order valence-corrected chi connectivity index (χ2v) is 10.4. The predicted octanol–water partition coefficient (Wildman–Crippen LogP) is 3.49. The molecule has 0 unspecified atom stereocenters. The van der Waals surface area contributed by atoms with Crippen LogP contribution in [-0.2, 0) is 20.7 Å². The number of carbonyl (C=O) groups excluding carboxylic acids is 3. The Balaban J connectivity index is 3.05. The number of urea groups is 1. The first-order valence-electron chi connectivity index (χ1n) is 12.1. The highest BCUT2D eigenvalue weighted by Crippen LogP contribution is 2.13. The maximum Gasteiger partial charge on any atom is 0.407 e. The summed E-state index contributed by atoms with van der Waals surface area (Å²) in [4.78, 5) is 39.2. The first-order valence-corrected chi connectivity index (χ1v) is 12.1. The molecule has 1 rings (SSSR count). The van der Waals surface area contributed by atoms with Gasteiger partial charge in [0.1, 0.15) is 11.6 Å². The lowest BCUT2D eigenvalue weighted by atomic mass is 10.0. The summed E-state index contributed by atoms with van der Waals surface area (Å²) in [6, 6.07) is 7.15. The van der Waals surface area contributed by atoms with Gasteiger partial charge in [0.15, 0.2) is 0 Å². The Hall–Kier alpha value is -2.81. The molecule has 0 aromatic heterocycles. The van der Waals surface area contributed by atoms with Gasteiger partial charge in [-0.25, -0.2) is 14.4 Å². The number of esters is 1. The largest absolute Gasteiger partial charge is 0.467 e. The first kappa shape index (κ1) is 30.2. The van der Waals surface area contributed by atoms with Crippen LogP contribution in [-0.4, -0.2) is 71.6 Å². The maximum absolute atomic E-state index is 13.1. The van der Waals surface area contributed by atoms with Crippen LogP contribution in [0, 0.1) is 5.92 Å². The Bertz CT molecular complexity index is 807. The van der Waals surface area contributed by atoms with E-state index >= 15 is 0 Å². The lowest BCUT2D eigenvalue weighted by Crippen LogP contribution is -2.56. The highest BCUT2D eigenvalue weighted by atomic mass is 16.6. The number of aliphatic hydroxyl groups excluding tert-OH is 1. The Morgan fingerprint density at radius 3 is 2.11 bits per heavy atom. The molecule has 0 heterocycles. The van der Waals surface area contributed by atoms with Crippen molar-refractivity contribution < 1.29 is 29.0 Å². The quantitative estimate of drug-likeness (QED) is 0.406. The molecule has 35 heavy (non-hydrogen) atoms. The number of rotatable bonds is 11. The van der Waals surface area contributed by atoms with Gasteiger partial charge in [-0.05, 0) is 58.9 Å². The molecule has 0 saturated heterocycles. The van der Waals surface area contributed by atoms with Gasteiger partial charge in [-0.1, -0.05) is 44.2 Å². The number of ether oxygens (including phenoxy) is 2. The SMILES string of the molecule is COC(=O)[C@@H](CC(C)C)NC(=O)N(C[C@@H](O)[C@@H](Cc1ccccc1)NC(=O)OC(C)(C)C)C(C)C. The van der Waals surface area contributed by atoms with Gasteiger partial charge in [-0.15, -0.1) is 0 Å². The fourth-order valence-corrected chi connectivity index (χ4v) is 3.53. The number of alkyl carbamates (subject to hydrolysis) is 1. The van der Waals surface area contributed by atoms with Gasteiger partial charge in [-0.2, -0.15) is 0 Å². The average molecular weight is 494 g/mol. The van der Waals surface area contributed by atoms with Gasteiger partial charge >= 0.3 is 18.1 Å². The van der Waals surface area contributed by atoms with Gasteiger partial charge in [0, 0.05) is 6.04 Å². The number of carbonyl (C=O) groups is 3. The van der Waals surface area contributed by atoms with Crippen LogP contribution in [0.25, 0.3) is 0 Å². The molecule has 9 heteroatoms. The fourth-order valence-electron chi connectivity index (χ4n) is 3.53. The minimum Gasteiger partial charge on any atom is -0.467 e. The Morgan fingerprint density at radius 1 is 1.03 bits per heavy atom. The normalized spacial score (nSPS) is 14.1. The molecule has 0 radical (unpaired) electrons. The van der Waals surface area contributed by atoms with E-state index in [9.17, 15) is 19.5 Å². The van der Waals surface area contributed by atoms with Crippen LogP contribution in [0.1, 0.15) is 60.5 Å². The number of methoxy groups -OCH3 is 1. The third-order valence-corrected chi connectivity index (χ3v) is 5.22. The average Bonchev–Trinajstić information content (AvgIpc) is 2.74. The molecule has 1 aromatic carbocycles. The van der Waals surface area contributed by atoms with Gasteiger partial charge in [0.05, 0.1) is 25.8 Å². The molecule has 0 aliphatic heterocycles. The number of hydrogen-bond donors (Lipinski definition) is 3. The van der Waals surface area contributed by atoms with Crippen molar-refractivity contribution in [1.29, 1.82) is 0 Å². The van der Waals surface area contributed by atoms with E-state index < -0.39 is 41.9 Å². The number of aliphatic hydroxyl groups is 1. The zero-order valence-corrected chi connectivity index (χ0v) is 22.3. The molecule has 0 spiro atoms. The third-order valence-electron chi connectivity index (χ3n) is 5.22. The fraction of sp³-hybridized carbons (Fsp3) is 0.654. The molecular formula is C26H43N3O6. The van der Waals surface area contributed by atoms with E-state index in [1.807, 2.05) is 58.0 Å². The van der Waals surface area contributed by atoms with Crippen molar-refractivity contribution in [2.45, 2.75) is 91.1 Å². The second-order valence-electron chi connectivity index (χ2n) is 10.4. The monoisotopic (exact) mass is 493 g/mol. The van der Waals surface area contributed by atoms with Crippen LogP contribution >= 0.6 is 0 Å². The molecule has 0 aliphatic rings. The summed E-state index contributed by atoms with van der Waals surface area (Å²) in [7, 11) is 1.28. The summed E-state index contributed by atoms with van der Waals surface area (Å²) in [5.74, 6) is -0.365. The molecular weight excluding hydrogens is 450 g/mol. The summed E-state index contributed by atoms with van der Waals surface area (Å²) >= 11 is 0. The topological polar surface area (TPSA) is 117 Å². The zero-order chi connectivity index (χ0) is 26.8. The van der Waals surface area contributed by atoms with Gasteiger partial charge in [-0.3, -0.25) is 0 Å². The first-order chi connectivity index (χ1) is 16.2. The Kier molecular flexibility index (Phi) is 12.0. The van der Waals surface area contributed by atoms with Crippen molar-refractivity contribution >= 4 is 18.1 Å².